The quantitative estimate of drug-likeness (QED) is 0.761. The zero-order valence-corrected chi connectivity index (χ0v) is 15.5. The van der Waals surface area contributed by atoms with Crippen LogP contribution in [-0.2, 0) is 29.5 Å². The smallest absolute Gasteiger partial charge is 0.315 e. The second kappa shape index (κ2) is 7.74. The molecule has 25 heavy (non-hydrogen) atoms. The molecule has 1 saturated heterocycles. The molecule has 0 saturated carbocycles. The lowest BCUT2D eigenvalue weighted by atomic mass is 10.2. The number of unbranched alkanes of at least 4 members (excludes halogenated alkanes) is 1. The summed E-state index contributed by atoms with van der Waals surface area (Å²) in [4.78, 5) is 14.4. The van der Waals surface area contributed by atoms with Gasteiger partial charge in [0.15, 0.2) is 9.84 Å². The van der Waals surface area contributed by atoms with Crippen molar-refractivity contribution < 1.29 is 13.2 Å². The van der Waals surface area contributed by atoms with Gasteiger partial charge in [0.05, 0.1) is 36.0 Å². The summed E-state index contributed by atoms with van der Waals surface area (Å²) in [6.07, 6.45) is 2.89. The highest BCUT2D eigenvalue weighted by Gasteiger charge is 2.28. The van der Waals surface area contributed by atoms with E-state index in [9.17, 15) is 13.2 Å². The lowest BCUT2D eigenvalue weighted by Gasteiger charge is -2.27. The number of nitrogens with one attached hydrogen (secondary N) is 2. The first-order valence-electron chi connectivity index (χ1n) is 8.98. The maximum absolute atomic E-state index is 11.9. The van der Waals surface area contributed by atoms with Gasteiger partial charge in [-0.2, -0.15) is 5.10 Å². The standard InChI is InChI=1S/C16H27N5O3S/c1-2-3-5-20-6-7-21-15(11-20)9-14(19-21)10-17-16(22)18-13-4-8-25(23,24)12-13/h9,13H,2-8,10-12H2,1H3,(H2,17,18,22)/t13-/m0/s1. The summed E-state index contributed by atoms with van der Waals surface area (Å²) in [5.74, 6) is 0.188. The number of urea groups is 1. The van der Waals surface area contributed by atoms with Gasteiger partial charge in [0.25, 0.3) is 0 Å². The van der Waals surface area contributed by atoms with E-state index in [0.29, 0.717) is 13.0 Å². The van der Waals surface area contributed by atoms with Crippen LogP contribution < -0.4 is 10.6 Å². The number of sulfone groups is 1. The number of fused-ring (bicyclic) bond motifs is 1. The molecule has 2 N–H and O–H groups in total. The Balaban J connectivity index is 1.46. The van der Waals surface area contributed by atoms with Crippen molar-refractivity contribution in [3.05, 3.63) is 17.5 Å². The topological polar surface area (TPSA) is 96.3 Å². The van der Waals surface area contributed by atoms with Crippen LogP contribution in [0.5, 0.6) is 0 Å². The van der Waals surface area contributed by atoms with Gasteiger partial charge in [0, 0.05) is 19.1 Å². The molecule has 3 heterocycles. The molecule has 0 aromatic carbocycles. The van der Waals surface area contributed by atoms with Gasteiger partial charge in [-0.1, -0.05) is 13.3 Å². The van der Waals surface area contributed by atoms with Crippen molar-refractivity contribution in [3.8, 4) is 0 Å². The summed E-state index contributed by atoms with van der Waals surface area (Å²) in [6.45, 7) is 6.45. The van der Waals surface area contributed by atoms with E-state index in [4.69, 9.17) is 0 Å². The van der Waals surface area contributed by atoms with Gasteiger partial charge in [-0.25, -0.2) is 13.2 Å². The van der Waals surface area contributed by atoms with Crippen molar-refractivity contribution in [3.63, 3.8) is 0 Å². The van der Waals surface area contributed by atoms with Gasteiger partial charge in [0.1, 0.15) is 0 Å². The van der Waals surface area contributed by atoms with E-state index in [0.717, 1.165) is 31.9 Å². The van der Waals surface area contributed by atoms with Gasteiger partial charge in [0.2, 0.25) is 0 Å². The summed E-state index contributed by atoms with van der Waals surface area (Å²) in [7, 11) is -2.99. The Hall–Kier alpha value is -1.61. The molecule has 1 aromatic rings. The summed E-state index contributed by atoms with van der Waals surface area (Å²) in [6, 6.07) is 1.42. The molecule has 2 amide bonds. The Morgan fingerprint density at radius 1 is 1.40 bits per heavy atom. The summed E-state index contributed by atoms with van der Waals surface area (Å²) >= 11 is 0. The highest BCUT2D eigenvalue weighted by Crippen LogP contribution is 2.14. The zero-order valence-electron chi connectivity index (χ0n) is 14.7. The number of nitrogens with zero attached hydrogens (tertiary/aromatic N) is 3. The van der Waals surface area contributed by atoms with Crippen molar-refractivity contribution in [2.75, 3.05) is 24.6 Å². The molecule has 2 aliphatic rings. The molecule has 0 aliphatic carbocycles. The average molecular weight is 369 g/mol. The monoisotopic (exact) mass is 369 g/mol. The van der Waals surface area contributed by atoms with Gasteiger partial charge in [-0.3, -0.25) is 9.58 Å². The van der Waals surface area contributed by atoms with E-state index in [1.807, 2.05) is 10.7 Å². The first-order valence-corrected chi connectivity index (χ1v) is 10.8. The summed E-state index contributed by atoms with van der Waals surface area (Å²) in [5, 5.41) is 10.0. The van der Waals surface area contributed by atoms with E-state index < -0.39 is 9.84 Å². The van der Waals surface area contributed by atoms with Crippen LogP contribution in [0.1, 0.15) is 37.6 Å². The molecule has 8 nitrogen and oxygen atoms in total. The van der Waals surface area contributed by atoms with Crippen molar-refractivity contribution in [2.45, 2.75) is 51.9 Å². The number of carbonyl (C=O) groups excluding carboxylic acids is 1. The van der Waals surface area contributed by atoms with Gasteiger partial charge < -0.3 is 10.6 Å². The van der Waals surface area contributed by atoms with E-state index in [-0.39, 0.29) is 23.6 Å². The molecule has 1 atom stereocenters. The van der Waals surface area contributed by atoms with Crippen LogP contribution in [0.15, 0.2) is 6.07 Å². The second-order valence-corrected chi connectivity index (χ2v) is 9.14. The van der Waals surface area contributed by atoms with Crippen LogP contribution in [0, 0.1) is 0 Å². The normalized spacial score (nSPS) is 22.5. The van der Waals surface area contributed by atoms with Crippen molar-refractivity contribution >= 4 is 15.9 Å². The maximum Gasteiger partial charge on any atom is 0.315 e. The average Bonchev–Trinajstić information content (AvgIpc) is 3.12. The molecule has 0 unspecified atom stereocenters. The van der Waals surface area contributed by atoms with Crippen molar-refractivity contribution in [1.29, 1.82) is 0 Å². The number of aromatic nitrogens is 2. The minimum absolute atomic E-state index is 0.0345. The fourth-order valence-corrected chi connectivity index (χ4v) is 5.03. The Labute approximate surface area is 148 Å². The van der Waals surface area contributed by atoms with Crippen molar-refractivity contribution in [1.82, 2.24) is 25.3 Å². The fraction of sp³-hybridized carbons (Fsp3) is 0.750. The molecular weight excluding hydrogens is 342 g/mol. The van der Waals surface area contributed by atoms with Crippen LogP contribution in [0.3, 0.4) is 0 Å². The molecule has 0 radical (unpaired) electrons. The van der Waals surface area contributed by atoms with Crippen LogP contribution in [0.2, 0.25) is 0 Å². The van der Waals surface area contributed by atoms with Gasteiger partial charge >= 0.3 is 6.03 Å². The molecule has 1 fully saturated rings. The minimum atomic E-state index is -2.99. The van der Waals surface area contributed by atoms with Crippen LogP contribution in [0.25, 0.3) is 0 Å². The van der Waals surface area contributed by atoms with Crippen LogP contribution >= 0.6 is 0 Å². The van der Waals surface area contributed by atoms with E-state index in [2.05, 4.69) is 27.6 Å². The minimum Gasteiger partial charge on any atom is -0.334 e. The van der Waals surface area contributed by atoms with Gasteiger partial charge in [-0.15, -0.1) is 0 Å². The summed E-state index contributed by atoms with van der Waals surface area (Å²) < 4.78 is 24.9. The molecule has 140 valence electrons. The molecule has 9 heteroatoms. The fourth-order valence-electron chi connectivity index (χ4n) is 3.36. The number of hydrogen-bond donors (Lipinski definition) is 2. The third-order valence-electron chi connectivity index (χ3n) is 4.75. The van der Waals surface area contributed by atoms with Crippen molar-refractivity contribution in [2.24, 2.45) is 0 Å². The van der Waals surface area contributed by atoms with E-state index in [1.54, 1.807) is 0 Å². The molecule has 2 aliphatic heterocycles. The molecule has 0 bridgehead atoms. The zero-order chi connectivity index (χ0) is 17.9. The lowest BCUT2D eigenvalue weighted by molar-refractivity contribution is 0.210. The Morgan fingerprint density at radius 3 is 2.96 bits per heavy atom. The Morgan fingerprint density at radius 2 is 2.24 bits per heavy atom. The lowest BCUT2D eigenvalue weighted by Crippen LogP contribution is -2.42. The maximum atomic E-state index is 11.9. The van der Waals surface area contributed by atoms with Crippen LogP contribution in [-0.4, -0.2) is 59.8 Å². The predicted molar refractivity (Wildman–Crippen MR) is 94.8 cm³/mol. The molecular formula is C16H27N5O3S. The first-order chi connectivity index (χ1) is 11.9. The SMILES string of the molecule is CCCCN1CCn2nc(CNC(=O)N[C@H]3CCS(=O)(=O)C3)cc2C1. The van der Waals surface area contributed by atoms with E-state index in [1.165, 1.54) is 18.5 Å². The third kappa shape index (κ3) is 4.94. The molecule has 3 rings (SSSR count). The number of carbonyl (C=O) groups is 1. The molecule has 0 spiro atoms. The Kier molecular flexibility index (Phi) is 5.63. The van der Waals surface area contributed by atoms with Crippen LogP contribution in [0.4, 0.5) is 4.79 Å². The largest absolute Gasteiger partial charge is 0.334 e. The predicted octanol–water partition coefficient (Wildman–Crippen LogP) is 0.485. The number of rotatable bonds is 6. The number of amides is 2. The third-order valence-corrected chi connectivity index (χ3v) is 6.52. The first kappa shape index (κ1) is 18.2. The van der Waals surface area contributed by atoms with Gasteiger partial charge in [-0.05, 0) is 25.5 Å². The number of hydrogen-bond acceptors (Lipinski definition) is 5. The highest BCUT2D eigenvalue weighted by molar-refractivity contribution is 7.91. The molecule has 1 aromatic heterocycles. The second-order valence-electron chi connectivity index (χ2n) is 6.91. The van der Waals surface area contributed by atoms with E-state index >= 15 is 0 Å². The summed E-state index contributed by atoms with van der Waals surface area (Å²) in [5.41, 5.74) is 2.02. The highest BCUT2D eigenvalue weighted by atomic mass is 32.2. The Bertz CT molecular complexity index is 715.